The molecule has 1 fully saturated rings. The molecule has 0 spiro atoms. The predicted octanol–water partition coefficient (Wildman–Crippen LogP) is 5.11. The maximum absolute atomic E-state index is 13.3. The highest BCUT2D eigenvalue weighted by molar-refractivity contribution is 7.10. The number of hydrogen-bond acceptors (Lipinski definition) is 4. The lowest BCUT2D eigenvalue weighted by Crippen LogP contribution is -2.32. The first-order chi connectivity index (χ1) is 14.5. The van der Waals surface area contributed by atoms with E-state index in [-0.39, 0.29) is 24.3 Å². The first kappa shape index (κ1) is 20.2. The highest BCUT2D eigenvalue weighted by atomic mass is 32.1. The van der Waals surface area contributed by atoms with Crippen LogP contribution in [0.1, 0.15) is 28.5 Å². The van der Waals surface area contributed by atoms with Gasteiger partial charge in [-0.1, -0.05) is 29.8 Å². The van der Waals surface area contributed by atoms with Gasteiger partial charge in [0.1, 0.15) is 5.75 Å². The SMILES string of the molecule is COc1ccc(C)cc1NC(=O)C1CC(=O)N(c2ccc(C)cc2)C1c1cccs1. The molecule has 2 aromatic carbocycles. The van der Waals surface area contributed by atoms with Gasteiger partial charge in [-0.15, -0.1) is 11.3 Å². The summed E-state index contributed by atoms with van der Waals surface area (Å²) in [5.74, 6) is -0.127. The molecule has 1 N–H and O–H groups in total. The minimum atomic E-state index is -0.498. The van der Waals surface area contributed by atoms with Crippen molar-refractivity contribution in [1.29, 1.82) is 0 Å². The monoisotopic (exact) mass is 420 g/mol. The fraction of sp³-hybridized carbons (Fsp3) is 0.250. The number of carbonyl (C=O) groups is 2. The Morgan fingerprint density at radius 1 is 1.10 bits per heavy atom. The van der Waals surface area contributed by atoms with E-state index in [0.29, 0.717) is 11.4 Å². The number of amides is 2. The molecule has 154 valence electrons. The average Bonchev–Trinajstić information content (AvgIpc) is 3.36. The molecule has 2 heterocycles. The Kier molecular flexibility index (Phi) is 5.59. The van der Waals surface area contributed by atoms with Crippen LogP contribution >= 0.6 is 11.3 Å². The van der Waals surface area contributed by atoms with Crippen LogP contribution in [0.4, 0.5) is 11.4 Å². The summed E-state index contributed by atoms with van der Waals surface area (Å²) in [5.41, 5.74) is 3.57. The summed E-state index contributed by atoms with van der Waals surface area (Å²) in [6.45, 7) is 3.97. The molecule has 5 nitrogen and oxygen atoms in total. The third-order valence-electron chi connectivity index (χ3n) is 5.42. The third kappa shape index (κ3) is 3.83. The van der Waals surface area contributed by atoms with Gasteiger partial charge in [-0.2, -0.15) is 0 Å². The predicted molar refractivity (Wildman–Crippen MR) is 120 cm³/mol. The van der Waals surface area contributed by atoms with Crippen LogP contribution < -0.4 is 15.0 Å². The van der Waals surface area contributed by atoms with Crippen molar-refractivity contribution >= 4 is 34.5 Å². The van der Waals surface area contributed by atoms with E-state index in [1.807, 2.05) is 73.8 Å². The molecule has 1 aromatic heterocycles. The van der Waals surface area contributed by atoms with Gasteiger partial charge in [0, 0.05) is 17.0 Å². The summed E-state index contributed by atoms with van der Waals surface area (Å²) in [6.07, 6.45) is 0.163. The molecule has 0 radical (unpaired) electrons. The number of rotatable bonds is 5. The normalized spacial score (nSPS) is 18.5. The topological polar surface area (TPSA) is 58.6 Å². The summed E-state index contributed by atoms with van der Waals surface area (Å²) in [5, 5.41) is 4.98. The number of benzene rings is 2. The second kappa shape index (κ2) is 8.32. The van der Waals surface area contributed by atoms with Gasteiger partial charge in [-0.3, -0.25) is 9.59 Å². The summed E-state index contributed by atoms with van der Waals surface area (Å²) >= 11 is 1.56. The molecule has 0 saturated carbocycles. The van der Waals surface area contributed by atoms with Gasteiger partial charge in [0.05, 0.1) is 24.8 Å². The van der Waals surface area contributed by atoms with Crippen LogP contribution in [-0.4, -0.2) is 18.9 Å². The van der Waals surface area contributed by atoms with E-state index >= 15 is 0 Å². The van der Waals surface area contributed by atoms with E-state index in [2.05, 4.69) is 5.32 Å². The first-order valence-corrected chi connectivity index (χ1v) is 10.7. The Balaban J connectivity index is 1.68. The maximum atomic E-state index is 13.3. The zero-order valence-corrected chi connectivity index (χ0v) is 18.0. The number of hydrogen-bond donors (Lipinski definition) is 1. The Morgan fingerprint density at radius 2 is 1.83 bits per heavy atom. The van der Waals surface area contributed by atoms with Crippen LogP contribution in [0.2, 0.25) is 0 Å². The van der Waals surface area contributed by atoms with Gasteiger partial charge in [0.2, 0.25) is 11.8 Å². The van der Waals surface area contributed by atoms with Gasteiger partial charge in [0.25, 0.3) is 0 Å². The quantitative estimate of drug-likeness (QED) is 0.624. The van der Waals surface area contributed by atoms with E-state index in [1.165, 1.54) is 0 Å². The fourth-order valence-electron chi connectivity index (χ4n) is 3.91. The molecule has 0 bridgehead atoms. The molecule has 1 aliphatic rings. The molecule has 0 aliphatic carbocycles. The molecule has 1 aliphatic heterocycles. The van der Waals surface area contributed by atoms with Gasteiger partial charge in [0.15, 0.2) is 0 Å². The van der Waals surface area contributed by atoms with Crippen molar-refractivity contribution in [3.63, 3.8) is 0 Å². The number of anilines is 2. The second-order valence-electron chi connectivity index (χ2n) is 7.56. The summed E-state index contributed by atoms with van der Waals surface area (Å²) in [6, 6.07) is 17.1. The molecular formula is C24H24N2O3S. The highest BCUT2D eigenvalue weighted by Crippen LogP contribution is 2.43. The Labute approximate surface area is 180 Å². The third-order valence-corrected chi connectivity index (χ3v) is 6.36. The van der Waals surface area contributed by atoms with Crippen molar-refractivity contribution in [2.45, 2.75) is 26.3 Å². The van der Waals surface area contributed by atoms with E-state index in [0.717, 1.165) is 21.7 Å². The van der Waals surface area contributed by atoms with Crippen LogP contribution in [0.3, 0.4) is 0 Å². The minimum Gasteiger partial charge on any atom is -0.495 e. The number of ether oxygens (including phenoxy) is 1. The Morgan fingerprint density at radius 3 is 2.50 bits per heavy atom. The molecule has 30 heavy (non-hydrogen) atoms. The van der Waals surface area contributed by atoms with Crippen LogP contribution in [0, 0.1) is 19.8 Å². The lowest BCUT2D eigenvalue weighted by Gasteiger charge is -2.27. The van der Waals surface area contributed by atoms with E-state index in [1.54, 1.807) is 23.3 Å². The number of thiophene rings is 1. The number of nitrogens with one attached hydrogen (secondary N) is 1. The van der Waals surface area contributed by atoms with Crippen molar-refractivity contribution in [2.24, 2.45) is 5.92 Å². The van der Waals surface area contributed by atoms with Gasteiger partial charge in [-0.05, 0) is 55.1 Å². The van der Waals surface area contributed by atoms with E-state index in [4.69, 9.17) is 4.74 Å². The number of carbonyl (C=O) groups excluding carboxylic acids is 2. The lowest BCUT2D eigenvalue weighted by atomic mass is 9.97. The molecule has 3 aromatic rings. The van der Waals surface area contributed by atoms with Crippen molar-refractivity contribution in [3.05, 3.63) is 76.0 Å². The van der Waals surface area contributed by atoms with Crippen molar-refractivity contribution < 1.29 is 14.3 Å². The molecule has 6 heteroatoms. The van der Waals surface area contributed by atoms with Gasteiger partial charge >= 0.3 is 0 Å². The van der Waals surface area contributed by atoms with Crippen LogP contribution in [0.25, 0.3) is 0 Å². The van der Waals surface area contributed by atoms with E-state index < -0.39 is 5.92 Å². The standard InChI is InChI=1S/C24H24N2O3S/c1-15-6-9-17(10-7-15)26-22(27)14-18(23(26)21-5-4-12-30-21)24(28)25-19-13-16(2)8-11-20(19)29-3/h4-13,18,23H,14H2,1-3H3,(H,25,28). The first-order valence-electron chi connectivity index (χ1n) is 9.85. The number of nitrogens with zero attached hydrogens (tertiary/aromatic N) is 1. The maximum Gasteiger partial charge on any atom is 0.230 e. The molecule has 2 amide bonds. The van der Waals surface area contributed by atoms with Crippen molar-refractivity contribution in [2.75, 3.05) is 17.3 Å². The molecule has 2 atom stereocenters. The molecule has 1 saturated heterocycles. The summed E-state index contributed by atoms with van der Waals surface area (Å²) < 4.78 is 5.40. The highest BCUT2D eigenvalue weighted by Gasteiger charge is 2.45. The zero-order chi connectivity index (χ0) is 21.3. The molecule has 4 rings (SSSR count). The summed E-state index contributed by atoms with van der Waals surface area (Å²) in [4.78, 5) is 29.1. The van der Waals surface area contributed by atoms with Crippen LogP contribution in [0.15, 0.2) is 60.0 Å². The smallest absolute Gasteiger partial charge is 0.230 e. The van der Waals surface area contributed by atoms with Crippen LogP contribution in [-0.2, 0) is 9.59 Å². The van der Waals surface area contributed by atoms with Crippen molar-refractivity contribution in [1.82, 2.24) is 0 Å². The fourth-order valence-corrected chi connectivity index (χ4v) is 4.79. The van der Waals surface area contributed by atoms with Gasteiger partial charge < -0.3 is 15.0 Å². The largest absolute Gasteiger partial charge is 0.495 e. The number of methoxy groups -OCH3 is 1. The molecule has 2 unspecified atom stereocenters. The molecular weight excluding hydrogens is 396 g/mol. The lowest BCUT2D eigenvalue weighted by molar-refractivity contribution is -0.122. The zero-order valence-electron chi connectivity index (χ0n) is 17.2. The summed E-state index contributed by atoms with van der Waals surface area (Å²) in [7, 11) is 1.58. The van der Waals surface area contributed by atoms with E-state index in [9.17, 15) is 9.59 Å². The average molecular weight is 421 g/mol. The second-order valence-corrected chi connectivity index (χ2v) is 8.54. The van der Waals surface area contributed by atoms with Crippen LogP contribution in [0.5, 0.6) is 5.75 Å². The Bertz CT molecular complexity index is 1060. The van der Waals surface area contributed by atoms with Crippen molar-refractivity contribution in [3.8, 4) is 5.75 Å². The number of aryl methyl sites for hydroxylation is 2. The Hall–Kier alpha value is -3.12. The van der Waals surface area contributed by atoms with Gasteiger partial charge in [-0.25, -0.2) is 0 Å². The minimum absolute atomic E-state index is 0.0476.